The van der Waals surface area contributed by atoms with E-state index in [1.54, 1.807) is 49.6 Å². The van der Waals surface area contributed by atoms with Gasteiger partial charge in [-0.1, -0.05) is 42.5 Å². The number of ether oxygens (including phenoxy) is 1. The van der Waals surface area contributed by atoms with E-state index in [1.807, 2.05) is 32.0 Å². The van der Waals surface area contributed by atoms with Crippen molar-refractivity contribution in [3.8, 4) is 0 Å². The highest BCUT2D eigenvalue weighted by Crippen LogP contribution is 2.28. The molecular formula is C24H26N2O4S. The molecule has 0 unspecified atom stereocenters. The zero-order valence-electron chi connectivity index (χ0n) is 17.8. The normalized spacial score (nSPS) is 11.2. The Balaban J connectivity index is 1.95. The third kappa shape index (κ3) is 5.31. The molecule has 7 heteroatoms. The van der Waals surface area contributed by atoms with Gasteiger partial charge in [-0.2, -0.15) is 0 Å². The molecule has 0 aliphatic carbocycles. The Morgan fingerprint density at radius 2 is 1.68 bits per heavy atom. The van der Waals surface area contributed by atoms with Gasteiger partial charge in [-0.05, 0) is 60.9 Å². The number of methoxy groups -OCH3 is 1. The number of anilines is 2. The van der Waals surface area contributed by atoms with E-state index in [-0.39, 0.29) is 11.4 Å². The lowest BCUT2D eigenvalue weighted by Gasteiger charge is -2.26. The lowest BCUT2D eigenvalue weighted by atomic mass is 10.1. The molecule has 0 radical (unpaired) electrons. The molecule has 0 saturated heterocycles. The lowest BCUT2D eigenvalue weighted by Crippen LogP contribution is -2.38. The first kappa shape index (κ1) is 22.5. The summed E-state index contributed by atoms with van der Waals surface area (Å²) in [5.74, 6) is -0.435. The molecular weight excluding hydrogens is 412 g/mol. The molecule has 0 heterocycles. The van der Waals surface area contributed by atoms with Gasteiger partial charge in [-0.3, -0.25) is 9.10 Å². The second-order valence-electron chi connectivity index (χ2n) is 7.23. The number of carbonyl (C=O) groups excluding carboxylic acids is 1. The summed E-state index contributed by atoms with van der Waals surface area (Å²) in [7, 11) is -2.35. The molecule has 0 aromatic heterocycles. The van der Waals surface area contributed by atoms with Crippen LogP contribution < -0.4 is 9.62 Å². The molecule has 0 aliphatic rings. The minimum atomic E-state index is -3.95. The van der Waals surface area contributed by atoms with Gasteiger partial charge in [0.05, 0.1) is 17.2 Å². The van der Waals surface area contributed by atoms with E-state index in [1.165, 1.54) is 16.4 Å². The molecule has 3 aromatic carbocycles. The van der Waals surface area contributed by atoms with Crippen LogP contribution in [0.15, 0.2) is 77.7 Å². The van der Waals surface area contributed by atoms with Gasteiger partial charge in [0, 0.05) is 12.8 Å². The highest BCUT2D eigenvalue weighted by molar-refractivity contribution is 7.92. The maximum absolute atomic E-state index is 13.5. The van der Waals surface area contributed by atoms with Crippen LogP contribution in [0.3, 0.4) is 0 Å². The Labute approximate surface area is 183 Å². The van der Waals surface area contributed by atoms with E-state index in [4.69, 9.17) is 4.74 Å². The fraction of sp³-hybridized carbons (Fsp3) is 0.208. The van der Waals surface area contributed by atoms with Crippen molar-refractivity contribution in [1.82, 2.24) is 0 Å². The van der Waals surface area contributed by atoms with Crippen LogP contribution in [0.25, 0.3) is 0 Å². The summed E-state index contributed by atoms with van der Waals surface area (Å²) in [4.78, 5) is 13.0. The van der Waals surface area contributed by atoms with Crippen molar-refractivity contribution in [2.24, 2.45) is 0 Å². The molecule has 6 nitrogen and oxygen atoms in total. The highest BCUT2D eigenvalue weighted by Gasteiger charge is 2.28. The fourth-order valence-electron chi connectivity index (χ4n) is 3.26. The van der Waals surface area contributed by atoms with E-state index in [2.05, 4.69) is 5.32 Å². The average molecular weight is 439 g/mol. The van der Waals surface area contributed by atoms with Crippen LogP contribution in [0.4, 0.5) is 11.4 Å². The Morgan fingerprint density at radius 3 is 2.39 bits per heavy atom. The molecule has 31 heavy (non-hydrogen) atoms. The van der Waals surface area contributed by atoms with Crippen molar-refractivity contribution in [2.75, 3.05) is 23.3 Å². The number of carbonyl (C=O) groups is 1. The maximum Gasteiger partial charge on any atom is 0.264 e. The monoisotopic (exact) mass is 438 g/mol. The van der Waals surface area contributed by atoms with Crippen LogP contribution in [0.2, 0.25) is 0 Å². The van der Waals surface area contributed by atoms with Gasteiger partial charge in [-0.15, -0.1) is 0 Å². The van der Waals surface area contributed by atoms with Gasteiger partial charge in [0.15, 0.2) is 0 Å². The number of sulfonamides is 1. The number of amides is 1. The molecule has 0 atom stereocenters. The van der Waals surface area contributed by atoms with Gasteiger partial charge >= 0.3 is 0 Å². The maximum atomic E-state index is 13.5. The Kier molecular flexibility index (Phi) is 7.09. The fourth-order valence-corrected chi connectivity index (χ4v) is 4.76. The summed E-state index contributed by atoms with van der Waals surface area (Å²) in [5, 5.41) is 2.80. The van der Waals surface area contributed by atoms with E-state index in [9.17, 15) is 13.2 Å². The summed E-state index contributed by atoms with van der Waals surface area (Å²) < 4.78 is 33.2. The molecule has 3 aromatic rings. The van der Waals surface area contributed by atoms with Gasteiger partial charge in [0.1, 0.15) is 6.54 Å². The van der Waals surface area contributed by atoms with Crippen molar-refractivity contribution in [1.29, 1.82) is 0 Å². The van der Waals surface area contributed by atoms with Crippen molar-refractivity contribution >= 4 is 27.3 Å². The number of benzene rings is 3. The van der Waals surface area contributed by atoms with Crippen molar-refractivity contribution < 1.29 is 17.9 Å². The van der Waals surface area contributed by atoms with Crippen LogP contribution in [0.1, 0.15) is 16.7 Å². The molecule has 1 amide bonds. The molecule has 1 N–H and O–H groups in total. The summed E-state index contributed by atoms with van der Waals surface area (Å²) in [6.45, 7) is 3.83. The quantitative estimate of drug-likeness (QED) is 0.569. The first-order valence-corrected chi connectivity index (χ1v) is 11.3. The number of hydrogen-bond donors (Lipinski definition) is 1. The van der Waals surface area contributed by atoms with E-state index < -0.39 is 15.9 Å². The van der Waals surface area contributed by atoms with Gasteiger partial charge < -0.3 is 10.1 Å². The van der Waals surface area contributed by atoms with Crippen LogP contribution in [0.5, 0.6) is 0 Å². The average Bonchev–Trinajstić information content (AvgIpc) is 2.75. The van der Waals surface area contributed by atoms with E-state index in [0.29, 0.717) is 18.0 Å². The van der Waals surface area contributed by atoms with E-state index >= 15 is 0 Å². The van der Waals surface area contributed by atoms with Crippen molar-refractivity contribution in [3.05, 3.63) is 89.5 Å². The summed E-state index contributed by atoms with van der Waals surface area (Å²) in [6.07, 6.45) is 0. The first-order valence-electron chi connectivity index (χ1n) is 9.84. The number of aryl methyl sites for hydroxylation is 1. The topological polar surface area (TPSA) is 75.7 Å². The standard InChI is InChI=1S/C24H26N2O4S/c1-18-9-7-14-23(19(18)2)26(31(28,29)22-12-5-4-6-13-22)16-24(27)25-21-11-8-10-20(15-21)17-30-3/h4-15H,16-17H2,1-3H3,(H,25,27). The Morgan fingerprint density at radius 1 is 0.968 bits per heavy atom. The highest BCUT2D eigenvalue weighted by atomic mass is 32.2. The smallest absolute Gasteiger partial charge is 0.264 e. The Bertz CT molecular complexity index is 1160. The number of hydrogen-bond acceptors (Lipinski definition) is 4. The predicted molar refractivity (Wildman–Crippen MR) is 123 cm³/mol. The molecule has 0 bridgehead atoms. The SMILES string of the molecule is COCc1cccc(NC(=O)CN(c2cccc(C)c2C)S(=O)(=O)c2ccccc2)c1. The minimum absolute atomic E-state index is 0.130. The molecule has 0 spiro atoms. The van der Waals surface area contributed by atoms with Crippen LogP contribution >= 0.6 is 0 Å². The van der Waals surface area contributed by atoms with Gasteiger partial charge in [0.2, 0.25) is 5.91 Å². The first-order chi connectivity index (χ1) is 14.8. The number of nitrogens with zero attached hydrogens (tertiary/aromatic N) is 1. The number of nitrogens with one attached hydrogen (secondary N) is 1. The summed E-state index contributed by atoms with van der Waals surface area (Å²) in [5.41, 5.74) is 3.71. The zero-order chi connectivity index (χ0) is 22.4. The van der Waals surface area contributed by atoms with Crippen molar-refractivity contribution in [2.45, 2.75) is 25.3 Å². The molecule has 0 aliphatic heterocycles. The molecule has 0 fully saturated rings. The third-order valence-corrected chi connectivity index (χ3v) is 6.76. The lowest BCUT2D eigenvalue weighted by molar-refractivity contribution is -0.114. The predicted octanol–water partition coefficient (Wildman–Crippen LogP) is 4.28. The minimum Gasteiger partial charge on any atom is -0.380 e. The largest absolute Gasteiger partial charge is 0.380 e. The summed E-state index contributed by atoms with van der Waals surface area (Å²) in [6, 6.07) is 20.8. The molecule has 3 rings (SSSR count). The summed E-state index contributed by atoms with van der Waals surface area (Å²) >= 11 is 0. The Hall–Kier alpha value is -3.16. The molecule has 162 valence electrons. The second kappa shape index (κ2) is 9.76. The zero-order valence-corrected chi connectivity index (χ0v) is 18.6. The van der Waals surface area contributed by atoms with Crippen molar-refractivity contribution in [3.63, 3.8) is 0 Å². The van der Waals surface area contributed by atoms with E-state index in [0.717, 1.165) is 16.7 Å². The van der Waals surface area contributed by atoms with Crippen LogP contribution in [0, 0.1) is 13.8 Å². The number of rotatable bonds is 8. The second-order valence-corrected chi connectivity index (χ2v) is 9.09. The van der Waals surface area contributed by atoms with Gasteiger partial charge in [0.25, 0.3) is 10.0 Å². The van der Waals surface area contributed by atoms with Crippen LogP contribution in [-0.2, 0) is 26.2 Å². The molecule has 0 saturated carbocycles. The van der Waals surface area contributed by atoms with Gasteiger partial charge in [-0.25, -0.2) is 8.42 Å². The van der Waals surface area contributed by atoms with Crippen LogP contribution in [-0.4, -0.2) is 28.0 Å². The third-order valence-electron chi connectivity index (χ3n) is 4.98.